The van der Waals surface area contributed by atoms with E-state index in [9.17, 15) is 9.90 Å². The van der Waals surface area contributed by atoms with Gasteiger partial charge in [0.1, 0.15) is 0 Å². The second kappa shape index (κ2) is 6.38. The molecule has 1 spiro atoms. The standard InChI is InChI=1S/C16H20O4S/c17-15(18)13-3-1-2-4-14(13)21-12-5-8-20-16(11-12)6-9-19-10-7-16/h1-4,12H,5-11H2,(H,17,18). The Balaban J connectivity index is 1.71. The highest BCUT2D eigenvalue weighted by molar-refractivity contribution is 8.00. The van der Waals surface area contributed by atoms with Crippen LogP contribution in [0, 0.1) is 0 Å². The third-order valence-electron chi connectivity index (χ3n) is 4.26. The zero-order valence-corrected chi connectivity index (χ0v) is 12.7. The molecule has 0 bridgehead atoms. The van der Waals surface area contributed by atoms with Crippen LogP contribution in [-0.4, -0.2) is 41.7 Å². The molecule has 2 heterocycles. The largest absolute Gasteiger partial charge is 0.478 e. The zero-order chi connectivity index (χ0) is 14.7. The molecule has 1 atom stereocenters. The van der Waals surface area contributed by atoms with Crippen molar-refractivity contribution < 1.29 is 19.4 Å². The van der Waals surface area contributed by atoms with E-state index in [1.165, 1.54) is 0 Å². The molecular weight excluding hydrogens is 288 g/mol. The molecule has 1 N–H and O–H groups in total. The van der Waals surface area contributed by atoms with Gasteiger partial charge in [-0.1, -0.05) is 12.1 Å². The Labute approximate surface area is 128 Å². The van der Waals surface area contributed by atoms with Crippen molar-refractivity contribution >= 4 is 17.7 Å². The maximum Gasteiger partial charge on any atom is 0.336 e. The smallest absolute Gasteiger partial charge is 0.336 e. The predicted molar refractivity (Wildman–Crippen MR) is 81.0 cm³/mol. The number of rotatable bonds is 3. The molecule has 1 unspecified atom stereocenters. The molecule has 0 saturated carbocycles. The summed E-state index contributed by atoms with van der Waals surface area (Å²) in [7, 11) is 0. The van der Waals surface area contributed by atoms with Crippen LogP contribution in [0.15, 0.2) is 29.2 Å². The van der Waals surface area contributed by atoms with Gasteiger partial charge in [-0.3, -0.25) is 0 Å². The minimum absolute atomic E-state index is 0.0493. The van der Waals surface area contributed by atoms with Gasteiger partial charge in [0.2, 0.25) is 0 Å². The van der Waals surface area contributed by atoms with Gasteiger partial charge in [-0.2, -0.15) is 0 Å². The lowest BCUT2D eigenvalue weighted by Gasteiger charge is -2.43. The Morgan fingerprint density at radius 1 is 1.24 bits per heavy atom. The third kappa shape index (κ3) is 3.42. The van der Waals surface area contributed by atoms with Crippen molar-refractivity contribution in [3.63, 3.8) is 0 Å². The van der Waals surface area contributed by atoms with E-state index in [1.807, 2.05) is 12.1 Å². The lowest BCUT2D eigenvalue weighted by Crippen LogP contribution is -2.45. The van der Waals surface area contributed by atoms with E-state index in [0.29, 0.717) is 10.8 Å². The molecule has 0 radical (unpaired) electrons. The number of carboxylic acids is 1. The number of thioether (sulfide) groups is 1. The van der Waals surface area contributed by atoms with E-state index in [2.05, 4.69) is 0 Å². The normalized spacial score (nSPS) is 24.9. The van der Waals surface area contributed by atoms with Crippen molar-refractivity contribution in [3.05, 3.63) is 29.8 Å². The summed E-state index contributed by atoms with van der Waals surface area (Å²) in [6.45, 7) is 2.29. The minimum Gasteiger partial charge on any atom is -0.478 e. The number of hydrogen-bond donors (Lipinski definition) is 1. The molecule has 2 fully saturated rings. The summed E-state index contributed by atoms with van der Waals surface area (Å²) >= 11 is 1.69. The van der Waals surface area contributed by atoms with Gasteiger partial charge in [-0.15, -0.1) is 11.8 Å². The van der Waals surface area contributed by atoms with Gasteiger partial charge in [-0.05, 0) is 37.8 Å². The average molecular weight is 308 g/mol. The van der Waals surface area contributed by atoms with Crippen LogP contribution in [0.1, 0.15) is 36.0 Å². The third-order valence-corrected chi connectivity index (χ3v) is 5.61. The fourth-order valence-electron chi connectivity index (χ4n) is 3.10. The Morgan fingerprint density at radius 3 is 2.76 bits per heavy atom. The predicted octanol–water partition coefficient (Wildman–Crippen LogP) is 3.21. The Kier molecular flexibility index (Phi) is 4.52. The lowest BCUT2D eigenvalue weighted by atomic mass is 9.86. The van der Waals surface area contributed by atoms with Crippen molar-refractivity contribution in [2.24, 2.45) is 0 Å². The molecule has 5 heteroatoms. The van der Waals surface area contributed by atoms with E-state index in [-0.39, 0.29) is 5.60 Å². The fraction of sp³-hybridized carbons (Fsp3) is 0.562. The molecule has 2 aliphatic heterocycles. The maximum atomic E-state index is 11.3. The summed E-state index contributed by atoms with van der Waals surface area (Å²) in [5.74, 6) is -0.856. The Morgan fingerprint density at radius 2 is 2.00 bits per heavy atom. The van der Waals surface area contributed by atoms with Crippen LogP contribution in [0.5, 0.6) is 0 Å². The second-order valence-corrected chi connectivity index (χ2v) is 7.02. The highest BCUT2D eigenvalue weighted by Gasteiger charge is 2.39. The molecule has 4 nitrogen and oxygen atoms in total. The summed E-state index contributed by atoms with van der Waals surface area (Å²) < 4.78 is 11.5. The average Bonchev–Trinajstić information content (AvgIpc) is 2.48. The SMILES string of the molecule is O=C(O)c1ccccc1SC1CCOC2(CCOCC2)C1. The maximum absolute atomic E-state index is 11.3. The van der Waals surface area contributed by atoms with Crippen LogP contribution >= 0.6 is 11.8 Å². The molecule has 0 amide bonds. The summed E-state index contributed by atoms with van der Waals surface area (Å²) in [5.41, 5.74) is 0.349. The summed E-state index contributed by atoms with van der Waals surface area (Å²) in [6.07, 6.45) is 3.85. The van der Waals surface area contributed by atoms with Gasteiger partial charge in [-0.25, -0.2) is 4.79 Å². The van der Waals surface area contributed by atoms with E-state index in [4.69, 9.17) is 9.47 Å². The molecule has 2 aliphatic rings. The van der Waals surface area contributed by atoms with Crippen molar-refractivity contribution in [3.8, 4) is 0 Å². The highest BCUT2D eigenvalue weighted by Crippen LogP contribution is 2.41. The number of aromatic carboxylic acids is 1. The van der Waals surface area contributed by atoms with Crippen LogP contribution in [0.4, 0.5) is 0 Å². The van der Waals surface area contributed by atoms with Gasteiger partial charge in [0.05, 0.1) is 11.2 Å². The minimum atomic E-state index is -0.856. The van der Waals surface area contributed by atoms with Crippen LogP contribution < -0.4 is 0 Å². The molecule has 114 valence electrons. The van der Waals surface area contributed by atoms with E-state index in [0.717, 1.165) is 50.4 Å². The van der Waals surface area contributed by atoms with E-state index in [1.54, 1.807) is 23.9 Å². The quantitative estimate of drug-likeness (QED) is 0.929. The number of ether oxygens (including phenoxy) is 2. The molecule has 0 aliphatic carbocycles. The van der Waals surface area contributed by atoms with Crippen molar-refractivity contribution in [2.75, 3.05) is 19.8 Å². The van der Waals surface area contributed by atoms with E-state index < -0.39 is 5.97 Å². The molecule has 1 aromatic carbocycles. The number of carbonyl (C=O) groups is 1. The summed E-state index contributed by atoms with van der Waals surface area (Å²) in [5, 5.41) is 9.70. The number of carboxylic acid groups (broad SMARTS) is 1. The Bertz CT molecular complexity index is 505. The number of benzene rings is 1. The highest BCUT2D eigenvalue weighted by atomic mass is 32.2. The van der Waals surface area contributed by atoms with Crippen LogP contribution in [0.3, 0.4) is 0 Å². The van der Waals surface area contributed by atoms with Gasteiger partial charge < -0.3 is 14.6 Å². The van der Waals surface area contributed by atoms with Crippen LogP contribution in [0.25, 0.3) is 0 Å². The topological polar surface area (TPSA) is 55.8 Å². The van der Waals surface area contributed by atoms with Gasteiger partial charge in [0, 0.05) is 30.0 Å². The molecule has 3 rings (SSSR count). The molecule has 2 saturated heterocycles. The lowest BCUT2D eigenvalue weighted by molar-refractivity contribution is -0.131. The second-order valence-electron chi connectivity index (χ2n) is 5.68. The first-order valence-electron chi connectivity index (χ1n) is 7.39. The molecule has 21 heavy (non-hydrogen) atoms. The van der Waals surface area contributed by atoms with Crippen LogP contribution in [-0.2, 0) is 9.47 Å². The molecule has 0 aromatic heterocycles. The zero-order valence-electron chi connectivity index (χ0n) is 11.9. The van der Waals surface area contributed by atoms with Crippen molar-refractivity contribution in [1.82, 2.24) is 0 Å². The Hall–Kier alpha value is -1.04. The van der Waals surface area contributed by atoms with Gasteiger partial charge >= 0.3 is 5.97 Å². The first-order chi connectivity index (χ1) is 10.2. The first-order valence-corrected chi connectivity index (χ1v) is 8.27. The monoisotopic (exact) mass is 308 g/mol. The van der Waals surface area contributed by atoms with Gasteiger partial charge in [0.25, 0.3) is 0 Å². The van der Waals surface area contributed by atoms with Crippen molar-refractivity contribution in [1.29, 1.82) is 0 Å². The molecule has 1 aromatic rings. The van der Waals surface area contributed by atoms with Gasteiger partial charge in [0.15, 0.2) is 0 Å². The van der Waals surface area contributed by atoms with Crippen LogP contribution in [0.2, 0.25) is 0 Å². The summed E-state index contributed by atoms with van der Waals surface area (Å²) in [4.78, 5) is 12.2. The fourth-order valence-corrected chi connectivity index (χ4v) is 4.50. The first kappa shape index (κ1) is 14.9. The number of hydrogen-bond acceptors (Lipinski definition) is 4. The van der Waals surface area contributed by atoms with Crippen molar-refractivity contribution in [2.45, 2.75) is 41.4 Å². The summed E-state index contributed by atoms with van der Waals surface area (Å²) in [6, 6.07) is 7.25. The molecular formula is C16H20O4S. The van der Waals surface area contributed by atoms with E-state index >= 15 is 0 Å².